The van der Waals surface area contributed by atoms with E-state index in [-0.39, 0.29) is 11.4 Å². The topological polar surface area (TPSA) is 55.1 Å². The fourth-order valence-corrected chi connectivity index (χ4v) is 3.01. The van der Waals surface area contributed by atoms with Gasteiger partial charge in [0.2, 0.25) is 5.91 Å². The molecule has 1 N–H and O–H groups in total. The van der Waals surface area contributed by atoms with Gasteiger partial charge in [0.15, 0.2) is 5.76 Å². The molecule has 1 heterocycles. The first-order chi connectivity index (χ1) is 12.0. The summed E-state index contributed by atoms with van der Waals surface area (Å²) in [6.07, 6.45) is 1.57. The van der Waals surface area contributed by atoms with Gasteiger partial charge in [-0.15, -0.1) is 0 Å². The third-order valence-electron chi connectivity index (χ3n) is 3.13. The summed E-state index contributed by atoms with van der Waals surface area (Å²) in [4.78, 5) is 16.0. The molecule has 0 bridgehead atoms. The molecule has 0 fully saturated rings. The second-order valence-electron chi connectivity index (χ2n) is 4.96. The van der Waals surface area contributed by atoms with Crippen LogP contribution in [0.15, 0.2) is 62.8 Å². The molecular weight excluding hydrogens is 414 g/mol. The number of halogens is 3. The Labute approximate surface area is 154 Å². The molecule has 1 amide bonds. The summed E-state index contributed by atoms with van der Waals surface area (Å²) in [5.74, 6) is -1.42. The van der Waals surface area contributed by atoms with E-state index >= 15 is 0 Å². The predicted molar refractivity (Wildman–Crippen MR) is 95.4 cm³/mol. The lowest BCUT2D eigenvalue weighted by molar-refractivity contribution is -0.113. The number of nitrogens with one attached hydrogen (secondary N) is 1. The quantitative estimate of drug-likeness (QED) is 0.577. The molecule has 8 heteroatoms. The number of hydrogen-bond acceptors (Lipinski definition) is 4. The normalized spacial score (nSPS) is 10.7. The average Bonchev–Trinajstić information content (AvgIpc) is 3.05. The van der Waals surface area contributed by atoms with Gasteiger partial charge in [-0.25, -0.2) is 13.8 Å². The molecule has 0 aliphatic carbocycles. The number of carbonyl (C=O) groups is 1. The van der Waals surface area contributed by atoms with Crippen molar-refractivity contribution in [1.29, 1.82) is 0 Å². The van der Waals surface area contributed by atoms with Gasteiger partial charge < -0.3 is 9.73 Å². The lowest BCUT2D eigenvalue weighted by Gasteiger charge is -2.05. The van der Waals surface area contributed by atoms with Crippen LogP contribution in [-0.4, -0.2) is 16.6 Å². The number of benzene rings is 2. The van der Waals surface area contributed by atoms with Crippen molar-refractivity contribution >= 4 is 39.3 Å². The van der Waals surface area contributed by atoms with E-state index in [9.17, 15) is 13.6 Å². The maximum absolute atomic E-state index is 13.5. The Bertz CT molecular complexity index is 917. The van der Waals surface area contributed by atoms with Crippen molar-refractivity contribution in [3.05, 3.63) is 64.8 Å². The second kappa shape index (κ2) is 7.79. The molecule has 1 aromatic heterocycles. The molecule has 0 aliphatic heterocycles. The molecule has 0 radical (unpaired) electrons. The molecule has 4 nitrogen and oxygen atoms in total. The SMILES string of the molecule is O=C(CSc1ncc(-c2cccc(Br)c2)o1)Nc1ccc(F)cc1F. The molecule has 0 unspecified atom stereocenters. The number of aromatic nitrogens is 1. The van der Waals surface area contributed by atoms with Crippen molar-refractivity contribution in [3.63, 3.8) is 0 Å². The van der Waals surface area contributed by atoms with E-state index in [0.717, 1.165) is 27.9 Å². The van der Waals surface area contributed by atoms with Crippen molar-refractivity contribution in [2.75, 3.05) is 11.1 Å². The number of nitrogens with zero attached hydrogens (tertiary/aromatic N) is 1. The van der Waals surface area contributed by atoms with Crippen LogP contribution < -0.4 is 5.32 Å². The number of anilines is 1. The fraction of sp³-hybridized carbons (Fsp3) is 0.0588. The van der Waals surface area contributed by atoms with E-state index in [1.165, 1.54) is 6.07 Å². The highest BCUT2D eigenvalue weighted by Gasteiger charge is 2.12. The number of amides is 1. The summed E-state index contributed by atoms with van der Waals surface area (Å²) in [6, 6.07) is 10.5. The average molecular weight is 425 g/mol. The number of carbonyl (C=O) groups excluding carboxylic acids is 1. The number of thioether (sulfide) groups is 1. The fourth-order valence-electron chi connectivity index (χ4n) is 2.00. The maximum atomic E-state index is 13.5. The van der Waals surface area contributed by atoms with E-state index in [1.54, 1.807) is 6.20 Å². The minimum Gasteiger partial charge on any atom is -0.431 e. The van der Waals surface area contributed by atoms with Crippen molar-refractivity contribution in [2.45, 2.75) is 5.22 Å². The van der Waals surface area contributed by atoms with Gasteiger partial charge in [0.1, 0.15) is 11.6 Å². The molecule has 3 aromatic rings. The highest BCUT2D eigenvalue weighted by atomic mass is 79.9. The molecular formula is C17H11BrF2N2O2S. The molecule has 0 aliphatic rings. The zero-order valence-corrected chi connectivity index (χ0v) is 15.0. The Morgan fingerprint density at radius 1 is 1.24 bits per heavy atom. The molecule has 2 aromatic carbocycles. The van der Waals surface area contributed by atoms with Gasteiger partial charge >= 0.3 is 0 Å². The van der Waals surface area contributed by atoms with E-state index < -0.39 is 17.5 Å². The van der Waals surface area contributed by atoms with Crippen LogP contribution in [-0.2, 0) is 4.79 Å². The van der Waals surface area contributed by atoms with Gasteiger partial charge in [0, 0.05) is 16.1 Å². The van der Waals surface area contributed by atoms with Crippen LogP contribution in [0.2, 0.25) is 0 Å². The lowest BCUT2D eigenvalue weighted by atomic mass is 10.2. The van der Waals surface area contributed by atoms with Crippen LogP contribution >= 0.6 is 27.7 Å². The minimum atomic E-state index is -0.827. The molecule has 3 rings (SSSR count). The van der Waals surface area contributed by atoms with E-state index in [0.29, 0.717) is 17.0 Å². The lowest BCUT2D eigenvalue weighted by Crippen LogP contribution is -2.15. The Hall–Kier alpha value is -2.19. The third-order valence-corrected chi connectivity index (χ3v) is 4.46. The summed E-state index contributed by atoms with van der Waals surface area (Å²) in [7, 11) is 0. The highest BCUT2D eigenvalue weighted by molar-refractivity contribution is 9.10. The Balaban J connectivity index is 1.59. The minimum absolute atomic E-state index is 0.0186. The monoisotopic (exact) mass is 424 g/mol. The van der Waals surface area contributed by atoms with E-state index in [4.69, 9.17) is 4.42 Å². The zero-order valence-electron chi connectivity index (χ0n) is 12.6. The smallest absolute Gasteiger partial charge is 0.256 e. The van der Waals surface area contributed by atoms with Crippen LogP contribution in [0.4, 0.5) is 14.5 Å². The first-order valence-electron chi connectivity index (χ1n) is 7.11. The van der Waals surface area contributed by atoms with Crippen LogP contribution in [0, 0.1) is 11.6 Å². The van der Waals surface area contributed by atoms with Crippen LogP contribution in [0.3, 0.4) is 0 Å². The Morgan fingerprint density at radius 2 is 2.08 bits per heavy atom. The van der Waals surface area contributed by atoms with Crippen molar-refractivity contribution in [2.24, 2.45) is 0 Å². The Morgan fingerprint density at radius 3 is 2.84 bits per heavy atom. The van der Waals surface area contributed by atoms with Gasteiger partial charge in [-0.05, 0) is 24.3 Å². The predicted octanol–water partition coefficient (Wildman–Crippen LogP) is 5.11. The van der Waals surface area contributed by atoms with Crippen molar-refractivity contribution in [1.82, 2.24) is 4.98 Å². The first kappa shape index (κ1) is 17.6. The number of rotatable bonds is 5. The molecule has 0 spiro atoms. The maximum Gasteiger partial charge on any atom is 0.256 e. The van der Waals surface area contributed by atoms with Crippen LogP contribution in [0.5, 0.6) is 0 Å². The van der Waals surface area contributed by atoms with Gasteiger partial charge in [-0.2, -0.15) is 0 Å². The molecule has 0 saturated heterocycles. The second-order valence-corrected chi connectivity index (χ2v) is 6.80. The van der Waals surface area contributed by atoms with Gasteiger partial charge in [-0.3, -0.25) is 4.79 Å². The molecule has 0 saturated carbocycles. The molecule has 128 valence electrons. The van der Waals surface area contributed by atoms with Crippen LogP contribution in [0.1, 0.15) is 0 Å². The number of hydrogen-bond donors (Lipinski definition) is 1. The Kier molecular flexibility index (Phi) is 5.50. The van der Waals surface area contributed by atoms with Gasteiger partial charge in [0.05, 0.1) is 17.6 Å². The summed E-state index contributed by atoms with van der Waals surface area (Å²) in [6.45, 7) is 0. The highest BCUT2D eigenvalue weighted by Crippen LogP contribution is 2.27. The van der Waals surface area contributed by atoms with Crippen molar-refractivity contribution in [3.8, 4) is 11.3 Å². The summed E-state index contributed by atoms with van der Waals surface area (Å²) in [5, 5.41) is 2.70. The van der Waals surface area contributed by atoms with E-state index in [2.05, 4.69) is 26.2 Å². The van der Waals surface area contributed by atoms with Crippen molar-refractivity contribution < 1.29 is 18.0 Å². The van der Waals surface area contributed by atoms with Gasteiger partial charge in [0.25, 0.3) is 5.22 Å². The van der Waals surface area contributed by atoms with Crippen LogP contribution in [0.25, 0.3) is 11.3 Å². The van der Waals surface area contributed by atoms with E-state index in [1.807, 2.05) is 24.3 Å². The standard InChI is InChI=1S/C17H11BrF2N2O2S/c18-11-3-1-2-10(6-11)15-8-21-17(24-15)25-9-16(23)22-14-5-4-12(19)7-13(14)20/h1-8H,9H2,(H,22,23). The summed E-state index contributed by atoms with van der Waals surface area (Å²) in [5.41, 5.74) is 0.779. The third kappa shape index (κ3) is 4.67. The largest absolute Gasteiger partial charge is 0.431 e. The summed E-state index contributed by atoms with van der Waals surface area (Å²) < 4.78 is 32.8. The molecule has 25 heavy (non-hydrogen) atoms. The molecule has 0 atom stereocenters. The summed E-state index contributed by atoms with van der Waals surface area (Å²) >= 11 is 4.46. The van der Waals surface area contributed by atoms with Gasteiger partial charge in [-0.1, -0.05) is 39.8 Å². The zero-order chi connectivity index (χ0) is 17.8. The first-order valence-corrected chi connectivity index (χ1v) is 8.88. The number of oxazole rings is 1.